The summed E-state index contributed by atoms with van der Waals surface area (Å²) in [6, 6.07) is 0. The zero-order valence-electron chi connectivity index (χ0n) is 10.4. The molecule has 2 saturated heterocycles. The van der Waals surface area contributed by atoms with Crippen LogP contribution in [0.1, 0.15) is 27.7 Å². The Morgan fingerprint density at radius 3 is 2.31 bits per heavy atom. The summed E-state index contributed by atoms with van der Waals surface area (Å²) >= 11 is 0. The molecule has 0 aliphatic carbocycles. The molecule has 0 aromatic rings. The number of hydrogen-bond acceptors (Lipinski definition) is 4. The summed E-state index contributed by atoms with van der Waals surface area (Å²) < 4.78 is 25.3. The summed E-state index contributed by atoms with van der Waals surface area (Å²) in [5, 5.41) is 3.00. The summed E-state index contributed by atoms with van der Waals surface area (Å²) in [4.78, 5) is 1.63. The number of rotatable bonds is 1. The van der Waals surface area contributed by atoms with Gasteiger partial charge in [0.25, 0.3) is 0 Å². The zero-order valence-corrected chi connectivity index (χ0v) is 10.4. The molecule has 2 aliphatic rings. The molecule has 92 valence electrons. The van der Waals surface area contributed by atoms with Gasteiger partial charge >= 0.3 is 7.25 Å². The first-order chi connectivity index (χ1) is 7.33. The van der Waals surface area contributed by atoms with E-state index in [0.29, 0.717) is 13.1 Å². The van der Waals surface area contributed by atoms with Gasteiger partial charge in [-0.05, 0) is 27.7 Å². The third kappa shape index (κ3) is 1.99. The van der Waals surface area contributed by atoms with Gasteiger partial charge < -0.3 is 14.6 Å². The van der Waals surface area contributed by atoms with Crippen molar-refractivity contribution in [2.45, 2.75) is 45.2 Å². The topological polar surface area (TPSA) is 33.7 Å². The van der Waals surface area contributed by atoms with E-state index in [4.69, 9.17) is 9.31 Å². The van der Waals surface area contributed by atoms with Gasteiger partial charge in [0.15, 0.2) is 6.30 Å². The molecule has 2 aliphatic heterocycles. The van der Waals surface area contributed by atoms with E-state index in [1.165, 1.54) is 0 Å². The Labute approximate surface area is 96.6 Å². The fourth-order valence-corrected chi connectivity index (χ4v) is 1.87. The Morgan fingerprint density at radius 1 is 1.25 bits per heavy atom. The lowest BCUT2D eigenvalue weighted by Crippen LogP contribution is -2.56. The molecule has 16 heavy (non-hydrogen) atoms. The smallest absolute Gasteiger partial charge is 0.389 e. The van der Waals surface area contributed by atoms with Gasteiger partial charge in [-0.1, -0.05) is 0 Å². The van der Waals surface area contributed by atoms with Crippen molar-refractivity contribution in [1.82, 2.24) is 10.1 Å². The van der Waals surface area contributed by atoms with Crippen LogP contribution in [0.4, 0.5) is 4.39 Å². The maximum Gasteiger partial charge on any atom is 0.560 e. The van der Waals surface area contributed by atoms with E-state index in [9.17, 15) is 4.39 Å². The number of halogens is 1. The minimum Gasteiger partial charge on any atom is -0.389 e. The van der Waals surface area contributed by atoms with Gasteiger partial charge in [-0.3, -0.25) is 4.81 Å². The van der Waals surface area contributed by atoms with Gasteiger partial charge in [0.2, 0.25) is 0 Å². The fourth-order valence-electron chi connectivity index (χ4n) is 1.87. The molecule has 2 heterocycles. The Morgan fingerprint density at radius 2 is 1.81 bits per heavy atom. The molecule has 0 bridgehead atoms. The molecule has 2 rings (SSSR count). The SMILES string of the molecule is CC1(C)OB(N2CCNCC2F)OC1(C)C. The van der Waals surface area contributed by atoms with Crippen molar-refractivity contribution < 1.29 is 13.7 Å². The number of piperazine rings is 1. The van der Waals surface area contributed by atoms with Crippen LogP contribution in [-0.4, -0.2) is 49.2 Å². The van der Waals surface area contributed by atoms with E-state index in [0.717, 1.165) is 6.54 Å². The molecular formula is C10H20BFN2O2. The van der Waals surface area contributed by atoms with Crippen LogP contribution in [0, 0.1) is 0 Å². The van der Waals surface area contributed by atoms with Gasteiger partial charge in [0.1, 0.15) is 0 Å². The predicted octanol–water partition coefficient (Wildman–Crippen LogP) is 0.776. The molecule has 0 spiro atoms. The molecule has 0 aromatic heterocycles. The van der Waals surface area contributed by atoms with Crippen LogP contribution in [0.25, 0.3) is 0 Å². The largest absolute Gasteiger partial charge is 0.560 e. The first-order valence-corrected chi connectivity index (χ1v) is 5.80. The molecule has 1 N–H and O–H groups in total. The van der Waals surface area contributed by atoms with E-state index in [-0.39, 0.29) is 0 Å². The summed E-state index contributed by atoms with van der Waals surface area (Å²) in [6.45, 7) is 9.61. The highest BCUT2D eigenvalue weighted by molar-refractivity contribution is 6.42. The Bertz CT molecular complexity index is 260. The first-order valence-electron chi connectivity index (χ1n) is 5.80. The molecule has 1 atom stereocenters. The van der Waals surface area contributed by atoms with Crippen LogP contribution in [-0.2, 0) is 9.31 Å². The van der Waals surface area contributed by atoms with E-state index in [2.05, 4.69) is 5.32 Å². The Balaban J connectivity index is 2.07. The summed E-state index contributed by atoms with van der Waals surface area (Å²) in [5.74, 6) is 0. The van der Waals surface area contributed by atoms with E-state index in [1.807, 2.05) is 27.7 Å². The number of nitrogens with one attached hydrogen (secondary N) is 1. The summed E-state index contributed by atoms with van der Waals surface area (Å²) in [6.07, 6.45) is -1.04. The minimum atomic E-state index is -1.04. The molecule has 1 unspecified atom stereocenters. The zero-order chi connectivity index (χ0) is 12.0. The molecule has 0 aromatic carbocycles. The molecule has 0 radical (unpaired) electrons. The van der Waals surface area contributed by atoms with Crippen molar-refractivity contribution in [3.63, 3.8) is 0 Å². The lowest BCUT2D eigenvalue weighted by Gasteiger charge is -2.32. The third-order valence-corrected chi connectivity index (χ3v) is 3.73. The Hall–Kier alpha value is -0.165. The third-order valence-electron chi connectivity index (χ3n) is 3.73. The van der Waals surface area contributed by atoms with Crippen molar-refractivity contribution in [2.75, 3.05) is 19.6 Å². The quantitative estimate of drug-likeness (QED) is 0.533. The highest BCUT2D eigenvalue weighted by Gasteiger charge is 2.55. The van der Waals surface area contributed by atoms with Crippen LogP contribution in [0.15, 0.2) is 0 Å². The summed E-state index contributed by atoms with van der Waals surface area (Å²) in [5.41, 5.74) is -0.801. The van der Waals surface area contributed by atoms with Gasteiger partial charge in [0.05, 0.1) is 11.2 Å². The average Bonchev–Trinajstić information content (AvgIpc) is 2.36. The maximum atomic E-state index is 13.7. The van der Waals surface area contributed by atoms with Gasteiger partial charge in [-0.25, -0.2) is 4.39 Å². The lowest BCUT2D eigenvalue weighted by atomic mass is 9.90. The molecule has 0 amide bonds. The van der Waals surface area contributed by atoms with Gasteiger partial charge in [0, 0.05) is 19.6 Å². The van der Waals surface area contributed by atoms with Crippen LogP contribution < -0.4 is 5.32 Å². The van der Waals surface area contributed by atoms with E-state index in [1.54, 1.807) is 4.81 Å². The highest BCUT2D eigenvalue weighted by atomic mass is 19.1. The number of nitrogens with zero attached hydrogens (tertiary/aromatic N) is 1. The molecule has 2 fully saturated rings. The Kier molecular flexibility index (Phi) is 3.03. The lowest BCUT2D eigenvalue weighted by molar-refractivity contribution is 0.00578. The molecule has 0 saturated carbocycles. The number of alkyl halides is 1. The van der Waals surface area contributed by atoms with Gasteiger partial charge in [-0.2, -0.15) is 0 Å². The maximum absolute atomic E-state index is 13.7. The number of hydrogen-bond donors (Lipinski definition) is 1. The second-order valence-corrected chi connectivity index (χ2v) is 5.44. The predicted molar refractivity (Wildman–Crippen MR) is 60.6 cm³/mol. The highest BCUT2D eigenvalue weighted by Crippen LogP contribution is 2.38. The van der Waals surface area contributed by atoms with Crippen molar-refractivity contribution in [2.24, 2.45) is 0 Å². The minimum absolute atomic E-state index is 0.337. The average molecular weight is 230 g/mol. The van der Waals surface area contributed by atoms with Crippen LogP contribution in [0.2, 0.25) is 0 Å². The second-order valence-electron chi connectivity index (χ2n) is 5.44. The van der Waals surface area contributed by atoms with Crippen LogP contribution in [0.3, 0.4) is 0 Å². The summed E-state index contributed by atoms with van der Waals surface area (Å²) in [7, 11) is -0.568. The molecule has 4 nitrogen and oxygen atoms in total. The molecular weight excluding hydrogens is 210 g/mol. The fraction of sp³-hybridized carbons (Fsp3) is 1.00. The molecule has 6 heteroatoms. The van der Waals surface area contributed by atoms with E-state index < -0.39 is 24.8 Å². The monoisotopic (exact) mass is 230 g/mol. The normalized spacial score (nSPS) is 34.3. The van der Waals surface area contributed by atoms with Crippen molar-refractivity contribution in [3.8, 4) is 0 Å². The standard InChI is InChI=1S/C10H20BFN2O2/c1-9(2)10(3,4)16-11(15-9)14-6-5-13-7-8(14)12/h8,13H,5-7H2,1-4H3. The van der Waals surface area contributed by atoms with Crippen molar-refractivity contribution >= 4 is 7.25 Å². The first kappa shape index (κ1) is 12.3. The van der Waals surface area contributed by atoms with Gasteiger partial charge in [-0.15, -0.1) is 0 Å². The van der Waals surface area contributed by atoms with Crippen LogP contribution in [0.5, 0.6) is 0 Å². The van der Waals surface area contributed by atoms with E-state index >= 15 is 0 Å². The second kappa shape index (κ2) is 3.94. The van der Waals surface area contributed by atoms with Crippen molar-refractivity contribution in [1.29, 1.82) is 0 Å². The van der Waals surface area contributed by atoms with Crippen molar-refractivity contribution in [3.05, 3.63) is 0 Å². The van der Waals surface area contributed by atoms with Crippen LogP contribution >= 0.6 is 0 Å².